The molecular formula is C34H50FNO7S2. The summed E-state index contributed by atoms with van der Waals surface area (Å²) in [5.41, 5.74) is 0.0124. The normalized spacial score (nSPS) is 13.7. The molecule has 11 heteroatoms. The number of ether oxygens (including phenoxy) is 3. The molecule has 8 nitrogen and oxygen atoms in total. The first-order valence-corrected chi connectivity index (χ1v) is 15.2. The highest BCUT2D eigenvalue weighted by atomic mass is 32.2. The molecular weight excluding hydrogens is 618 g/mol. The lowest BCUT2D eigenvalue weighted by Crippen LogP contribution is -2.36. The first-order valence-electron chi connectivity index (χ1n) is 13.8. The van der Waals surface area contributed by atoms with Gasteiger partial charge in [0.05, 0.1) is 19.5 Å². The zero-order valence-electron chi connectivity index (χ0n) is 27.3. The van der Waals surface area contributed by atoms with Crippen molar-refractivity contribution in [2.45, 2.75) is 39.2 Å². The molecule has 0 aromatic carbocycles. The van der Waals surface area contributed by atoms with Crippen molar-refractivity contribution in [2.75, 3.05) is 41.0 Å². The maximum absolute atomic E-state index is 12.4. The van der Waals surface area contributed by atoms with Crippen LogP contribution >= 0.6 is 24.0 Å². The Bertz CT molecular complexity index is 1080. The Kier molecular flexibility index (Phi) is 31.1. The first kappa shape index (κ1) is 45.9. The number of carbonyl (C=O) groups is 2. The van der Waals surface area contributed by atoms with E-state index in [9.17, 15) is 14.0 Å². The van der Waals surface area contributed by atoms with Crippen molar-refractivity contribution in [3.63, 3.8) is 0 Å². The SMILES string of the molecule is C=C/C(=C\C=C/C)C(C)(COC)OC(=C)\C(=C/C=C/C=C/SC=S)OCCC(C=C)C/C=C/F.CC(=O)N(C)CC(=O)O.CO. The number of carboxylic acid groups (broad SMARTS) is 1. The largest absolute Gasteiger partial charge is 0.490 e. The van der Waals surface area contributed by atoms with E-state index in [-0.39, 0.29) is 25.0 Å². The predicted molar refractivity (Wildman–Crippen MR) is 189 cm³/mol. The van der Waals surface area contributed by atoms with Crippen LogP contribution in [0.4, 0.5) is 4.39 Å². The highest BCUT2D eigenvalue weighted by molar-refractivity contribution is 8.22. The summed E-state index contributed by atoms with van der Waals surface area (Å²) >= 11 is 6.20. The maximum Gasteiger partial charge on any atom is 0.323 e. The van der Waals surface area contributed by atoms with Gasteiger partial charge in [-0.2, -0.15) is 0 Å². The minimum atomic E-state index is -0.993. The quantitative estimate of drug-likeness (QED) is 0.0557. The van der Waals surface area contributed by atoms with Gasteiger partial charge in [0, 0.05) is 32.9 Å². The topological polar surface area (TPSA) is 106 Å². The summed E-state index contributed by atoms with van der Waals surface area (Å²) < 4.78 is 31.7. The molecule has 0 rings (SSSR count). The third kappa shape index (κ3) is 24.5. The van der Waals surface area contributed by atoms with Crippen molar-refractivity contribution in [3.05, 3.63) is 109 Å². The van der Waals surface area contributed by atoms with Crippen LogP contribution in [0.15, 0.2) is 109 Å². The molecule has 2 atom stereocenters. The van der Waals surface area contributed by atoms with Crippen molar-refractivity contribution >= 4 is 40.6 Å². The predicted octanol–water partition coefficient (Wildman–Crippen LogP) is 7.49. The Morgan fingerprint density at radius 1 is 1.16 bits per heavy atom. The second-order valence-electron chi connectivity index (χ2n) is 9.02. The van der Waals surface area contributed by atoms with Gasteiger partial charge >= 0.3 is 5.97 Å². The van der Waals surface area contributed by atoms with Gasteiger partial charge in [-0.1, -0.05) is 91.8 Å². The summed E-state index contributed by atoms with van der Waals surface area (Å²) in [6.07, 6.45) is 19.9. The van der Waals surface area contributed by atoms with Crippen LogP contribution in [0.1, 0.15) is 33.6 Å². The van der Waals surface area contributed by atoms with Crippen LogP contribution in [0, 0.1) is 5.92 Å². The van der Waals surface area contributed by atoms with Crippen LogP contribution < -0.4 is 0 Å². The van der Waals surface area contributed by atoms with Crippen LogP contribution in [0.2, 0.25) is 0 Å². The number of nitrogens with zero attached hydrogens (tertiary/aromatic N) is 1. The molecule has 0 aliphatic heterocycles. The number of hydrogen-bond acceptors (Lipinski definition) is 8. The molecule has 0 saturated heterocycles. The first-order chi connectivity index (χ1) is 21.5. The summed E-state index contributed by atoms with van der Waals surface area (Å²) in [4.78, 5) is 21.4. The molecule has 1 amide bonds. The number of thiocarbonyl (C=S) groups is 1. The number of thioether (sulfide) groups is 1. The molecule has 252 valence electrons. The van der Waals surface area contributed by atoms with Crippen molar-refractivity contribution < 1.29 is 38.4 Å². The molecule has 0 aromatic rings. The lowest BCUT2D eigenvalue weighted by Gasteiger charge is -2.32. The molecule has 45 heavy (non-hydrogen) atoms. The van der Waals surface area contributed by atoms with E-state index in [1.165, 1.54) is 31.8 Å². The third-order valence-corrected chi connectivity index (χ3v) is 6.30. The van der Waals surface area contributed by atoms with Crippen molar-refractivity contribution in [3.8, 4) is 0 Å². The number of halogens is 1. The minimum Gasteiger partial charge on any atom is -0.490 e. The van der Waals surface area contributed by atoms with E-state index < -0.39 is 11.6 Å². The molecule has 0 aromatic heterocycles. The highest BCUT2D eigenvalue weighted by Crippen LogP contribution is 2.29. The van der Waals surface area contributed by atoms with Gasteiger partial charge in [0.25, 0.3) is 0 Å². The Balaban J connectivity index is -0.00000136. The fraction of sp³-hybridized carbons (Fsp3) is 0.382. The van der Waals surface area contributed by atoms with Gasteiger partial charge in [-0.3, -0.25) is 9.59 Å². The number of methoxy groups -OCH3 is 1. The average molecular weight is 668 g/mol. The standard InChI is InChI=1S/C28H37FO3S2.C5H9NO3.CH4O/c1-7-10-16-26(9-3)28(5,22-30-6)32-24(4)27(17-12-11-13-21-34-23-33)31-20-18-25(8-2)15-14-19-29;1-4(7)6(2)3-5(8)9;1-2/h7-14,16-17,19,21,23,25H,2-4,15,18,20,22H2,1,5-6H3;3H2,1-2H3,(H,8,9);2H,1H3/b10-7-,12-11+,19-14+,21-13+,26-16+,27-17+;;. The van der Waals surface area contributed by atoms with E-state index in [1.807, 2.05) is 55.7 Å². The number of aliphatic carboxylic acids is 1. The van der Waals surface area contributed by atoms with Crippen molar-refractivity contribution in [1.29, 1.82) is 0 Å². The molecule has 0 aliphatic carbocycles. The van der Waals surface area contributed by atoms with Crippen LogP contribution in [0.3, 0.4) is 0 Å². The summed E-state index contributed by atoms with van der Waals surface area (Å²) in [6, 6.07) is 0. The maximum atomic E-state index is 12.4. The molecule has 0 saturated carbocycles. The number of carboxylic acids is 1. The molecule has 2 N–H and O–H groups in total. The van der Waals surface area contributed by atoms with Gasteiger partial charge in [-0.15, -0.1) is 6.58 Å². The van der Waals surface area contributed by atoms with Gasteiger partial charge in [0.1, 0.15) is 6.54 Å². The molecule has 0 radical (unpaired) electrons. The molecule has 0 heterocycles. The zero-order chi connectivity index (χ0) is 35.1. The number of rotatable bonds is 21. The van der Waals surface area contributed by atoms with E-state index in [1.54, 1.807) is 30.0 Å². The van der Waals surface area contributed by atoms with Crippen LogP contribution in [-0.2, 0) is 23.8 Å². The smallest absolute Gasteiger partial charge is 0.323 e. The molecule has 2 unspecified atom stereocenters. The third-order valence-electron chi connectivity index (χ3n) is 5.54. The van der Waals surface area contributed by atoms with E-state index >= 15 is 0 Å². The van der Waals surface area contributed by atoms with Crippen molar-refractivity contribution in [2.24, 2.45) is 5.92 Å². The number of hydrogen-bond donors (Lipinski definition) is 2. The Morgan fingerprint density at radius 2 is 1.82 bits per heavy atom. The summed E-state index contributed by atoms with van der Waals surface area (Å²) in [5, 5.41) is 17.0. The second kappa shape index (κ2) is 30.5. The highest BCUT2D eigenvalue weighted by Gasteiger charge is 2.31. The van der Waals surface area contributed by atoms with Gasteiger partial charge in [0.2, 0.25) is 5.91 Å². The molecule has 0 aliphatic rings. The Morgan fingerprint density at radius 3 is 2.29 bits per heavy atom. The molecule has 0 fully saturated rings. The molecule has 0 bridgehead atoms. The number of amides is 1. The van der Waals surface area contributed by atoms with Gasteiger partial charge < -0.3 is 29.3 Å². The number of aliphatic hydroxyl groups is 1. The lowest BCUT2D eigenvalue weighted by atomic mass is 9.95. The number of allylic oxidation sites excluding steroid dienone is 9. The number of carbonyl (C=O) groups excluding carboxylic acids is 1. The summed E-state index contributed by atoms with van der Waals surface area (Å²) in [7, 11) is 4.05. The van der Waals surface area contributed by atoms with Gasteiger partial charge in [0.15, 0.2) is 17.1 Å². The number of aliphatic hydroxyl groups excluding tert-OH is 1. The Labute approximate surface area is 278 Å². The lowest BCUT2D eigenvalue weighted by molar-refractivity contribution is -0.142. The van der Waals surface area contributed by atoms with E-state index in [0.29, 0.717) is 37.3 Å². The van der Waals surface area contributed by atoms with Crippen molar-refractivity contribution in [1.82, 2.24) is 4.90 Å². The van der Waals surface area contributed by atoms with Gasteiger partial charge in [-0.25, -0.2) is 4.39 Å². The van der Waals surface area contributed by atoms with Gasteiger partial charge in [-0.05, 0) is 49.7 Å². The van der Waals surface area contributed by atoms with E-state index in [4.69, 9.17) is 36.6 Å². The monoisotopic (exact) mass is 667 g/mol. The number of likely N-dealkylation sites (N-methyl/N-ethyl adjacent to an activating group) is 1. The Hall–Kier alpha value is -3.51. The molecule has 0 spiro atoms. The fourth-order valence-electron chi connectivity index (χ4n) is 3.17. The summed E-state index contributed by atoms with van der Waals surface area (Å²) in [6.45, 7) is 17.5. The van der Waals surface area contributed by atoms with Crippen LogP contribution in [0.25, 0.3) is 0 Å². The van der Waals surface area contributed by atoms with Crippen LogP contribution in [0.5, 0.6) is 0 Å². The van der Waals surface area contributed by atoms with Crippen LogP contribution in [-0.4, -0.2) is 78.3 Å². The second-order valence-corrected chi connectivity index (χ2v) is 10.3. The van der Waals surface area contributed by atoms with E-state index in [2.05, 4.69) is 19.7 Å². The average Bonchev–Trinajstić information content (AvgIpc) is 3.00. The summed E-state index contributed by atoms with van der Waals surface area (Å²) in [5.74, 6) is -0.297. The van der Waals surface area contributed by atoms with E-state index in [0.717, 1.165) is 17.6 Å². The fourth-order valence-corrected chi connectivity index (χ4v) is 3.61. The zero-order valence-corrected chi connectivity index (χ0v) is 29.0. The minimum absolute atomic E-state index is 0.0995.